The Morgan fingerprint density at radius 1 is 0.457 bits per heavy atom. The molecule has 4 aromatic heterocycles. The fraction of sp³-hybridized carbons (Fsp3) is 0.0635. The normalized spacial score (nSPS) is 14.3. The van der Waals surface area contributed by atoms with Gasteiger partial charge in [-0.15, -0.1) is 0 Å². The highest BCUT2D eigenvalue weighted by atomic mass is 16.5. The maximum atomic E-state index is 9.06. The average Bonchev–Trinajstić information content (AvgIpc) is 4.39. The molecule has 5 heterocycles. The number of aryl methyl sites for hydroxylation is 3. The minimum atomic E-state index is -2.63. The smallest absolute Gasteiger partial charge is 0.137 e. The Balaban J connectivity index is 0.948. The number of aromatic nitrogens is 4. The highest BCUT2D eigenvalue weighted by Gasteiger charge is 2.33. The van der Waals surface area contributed by atoms with E-state index in [9.17, 15) is 0 Å². The predicted octanol–water partition coefficient (Wildman–Crippen LogP) is 16.2. The maximum Gasteiger partial charge on any atom is 0.137 e. The van der Waals surface area contributed by atoms with Crippen molar-refractivity contribution in [2.24, 2.45) is 14.0 Å². The number of hydrogen-bond acceptors (Lipinski definition) is 4. The Morgan fingerprint density at radius 3 is 1.69 bits per heavy atom. The second-order valence-corrected chi connectivity index (χ2v) is 18.1. The van der Waals surface area contributed by atoms with E-state index in [-0.39, 0.29) is 6.67 Å². The molecule has 14 rings (SSSR count). The van der Waals surface area contributed by atoms with Gasteiger partial charge in [0.05, 0.1) is 39.1 Å². The van der Waals surface area contributed by atoms with Crippen LogP contribution in [0.25, 0.3) is 93.5 Å². The lowest BCUT2D eigenvalue weighted by Crippen LogP contribution is -2.25. The molecule has 1 aliphatic heterocycles. The minimum Gasteiger partial charge on any atom is -0.457 e. The van der Waals surface area contributed by atoms with Crippen LogP contribution in [0.5, 0.6) is 11.5 Å². The van der Waals surface area contributed by atoms with Gasteiger partial charge in [-0.1, -0.05) is 127 Å². The van der Waals surface area contributed by atoms with Gasteiger partial charge in [0.15, 0.2) is 0 Å². The minimum absolute atomic E-state index is 0.206. The molecular weight excluding hydrogens is 857 g/mol. The summed E-state index contributed by atoms with van der Waals surface area (Å²) < 4.78 is 66.4. The second-order valence-electron chi connectivity index (χ2n) is 18.1. The van der Waals surface area contributed by atoms with Crippen LogP contribution in [0.1, 0.15) is 13.8 Å². The third-order valence-corrected chi connectivity index (χ3v) is 14.2. The van der Waals surface area contributed by atoms with Crippen LogP contribution in [0, 0.1) is 6.92 Å². The lowest BCUT2D eigenvalue weighted by atomic mass is 10.0. The van der Waals surface area contributed by atoms with Crippen LogP contribution in [-0.2, 0) is 14.0 Å². The predicted molar refractivity (Wildman–Crippen MR) is 291 cm³/mol. The van der Waals surface area contributed by atoms with E-state index in [1.54, 1.807) is 0 Å². The summed E-state index contributed by atoms with van der Waals surface area (Å²) >= 11 is 0. The molecule has 334 valence electrons. The zero-order valence-electron chi connectivity index (χ0n) is 44.0. The third-order valence-electron chi connectivity index (χ3n) is 14.2. The van der Waals surface area contributed by atoms with Crippen molar-refractivity contribution < 1.29 is 13.0 Å². The molecule has 1 aliphatic rings. The Bertz CT molecular complexity index is 4370. The van der Waals surface area contributed by atoms with Crippen molar-refractivity contribution in [3.05, 3.63) is 218 Å². The summed E-state index contributed by atoms with van der Waals surface area (Å²) in [6.07, 6.45) is 1.96. The van der Waals surface area contributed by atoms with Gasteiger partial charge in [0, 0.05) is 95.1 Å². The SMILES string of the molecule is [2H]C([2H])([2H])n1c2ccccc2c2cc3c4ccccc4n(C([2H])([2H])[2H])c3c(N3CN(c4cc(Oc5ccc6c7ccccc7n(-c7cc(C)c(-c8ccccc8)cn7)c6c5)cc(-c5ccccc5)c4)c4ccccc43)c21. The molecule has 7 heteroatoms. The Labute approximate surface area is 413 Å². The summed E-state index contributed by atoms with van der Waals surface area (Å²) in [5.74, 6) is 2.04. The summed E-state index contributed by atoms with van der Waals surface area (Å²) in [7, 11) is 0. The van der Waals surface area contributed by atoms with Crippen molar-refractivity contribution in [1.29, 1.82) is 0 Å². The monoisotopic (exact) mass is 908 g/mol. The summed E-state index contributed by atoms with van der Waals surface area (Å²) in [6, 6.07) is 68.5. The van der Waals surface area contributed by atoms with Crippen molar-refractivity contribution in [3.63, 3.8) is 0 Å². The first-order valence-corrected chi connectivity index (χ1v) is 23.5. The van der Waals surface area contributed by atoms with Gasteiger partial charge in [-0.25, -0.2) is 4.98 Å². The highest BCUT2D eigenvalue weighted by molar-refractivity contribution is 6.25. The van der Waals surface area contributed by atoms with E-state index in [1.165, 1.54) is 9.13 Å². The quantitative estimate of drug-likeness (QED) is 0.160. The van der Waals surface area contributed by atoms with Gasteiger partial charge < -0.3 is 23.7 Å². The Hall–Kier alpha value is -9.07. The van der Waals surface area contributed by atoms with Crippen molar-refractivity contribution >= 4 is 88.2 Å². The van der Waals surface area contributed by atoms with Crippen molar-refractivity contribution in [1.82, 2.24) is 18.7 Å². The van der Waals surface area contributed by atoms with Gasteiger partial charge in [0.25, 0.3) is 0 Å². The largest absolute Gasteiger partial charge is 0.457 e. The van der Waals surface area contributed by atoms with Crippen molar-refractivity contribution in [2.45, 2.75) is 6.92 Å². The second kappa shape index (κ2) is 15.5. The van der Waals surface area contributed by atoms with Gasteiger partial charge in [-0.2, -0.15) is 0 Å². The first-order chi connectivity index (χ1) is 36.9. The molecule has 70 heavy (non-hydrogen) atoms. The van der Waals surface area contributed by atoms with Gasteiger partial charge in [-0.05, 0) is 95.9 Å². The highest BCUT2D eigenvalue weighted by Crippen LogP contribution is 2.52. The van der Waals surface area contributed by atoms with Gasteiger partial charge >= 0.3 is 0 Å². The van der Waals surface area contributed by atoms with Crippen LogP contribution in [0.4, 0.5) is 22.7 Å². The van der Waals surface area contributed by atoms with Crippen LogP contribution in [0.2, 0.25) is 0 Å². The lowest BCUT2D eigenvalue weighted by molar-refractivity contribution is 0.483. The molecular formula is C63H46N6O. The Morgan fingerprint density at radius 2 is 1.03 bits per heavy atom. The van der Waals surface area contributed by atoms with Gasteiger partial charge in [-0.3, -0.25) is 4.57 Å². The number of ether oxygens (including phenoxy) is 1. The van der Waals surface area contributed by atoms with E-state index < -0.39 is 14.0 Å². The molecule has 0 spiro atoms. The molecule has 0 bridgehead atoms. The molecule has 0 saturated heterocycles. The van der Waals surface area contributed by atoms with Crippen LogP contribution < -0.4 is 14.5 Å². The summed E-state index contributed by atoms with van der Waals surface area (Å²) in [5.41, 5.74) is 12.0. The number of anilines is 4. The molecule has 0 N–H and O–H groups in total. The van der Waals surface area contributed by atoms with Crippen LogP contribution in [0.15, 0.2) is 212 Å². The summed E-state index contributed by atoms with van der Waals surface area (Å²) in [4.78, 5) is 9.35. The average molecular weight is 909 g/mol. The molecule has 7 nitrogen and oxygen atoms in total. The van der Waals surface area contributed by atoms with E-state index >= 15 is 0 Å². The molecule has 0 saturated carbocycles. The van der Waals surface area contributed by atoms with Crippen LogP contribution in [-0.4, -0.2) is 25.4 Å². The number of benzene rings is 9. The van der Waals surface area contributed by atoms with E-state index in [0.717, 1.165) is 83.3 Å². The van der Waals surface area contributed by atoms with Gasteiger partial charge in [0.2, 0.25) is 0 Å². The first-order valence-electron chi connectivity index (χ1n) is 26.5. The number of nitrogens with zero attached hydrogens (tertiary/aromatic N) is 6. The zero-order chi connectivity index (χ0) is 51.6. The Kier molecular flexibility index (Phi) is 7.58. The van der Waals surface area contributed by atoms with Crippen molar-refractivity contribution in [3.8, 4) is 39.6 Å². The molecule has 0 aliphatic carbocycles. The molecule has 0 amide bonds. The van der Waals surface area contributed by atoms with E-state index in [1.807, 2.05) is 128 Å². The van der Waals surface area contributed by atoms with Gasteiger partial charge in [0.1, 0.15) is 24.0 Å². The fourth-order valence-electron chi connectivity index (χ4n) is 11.0. The van der Waals surface area contributed by atoms with Crippen LogP contribution in [0.3, 0.4) is 0 Å². The molecule has 0 radical (unpaired) electrons. The molecule has 9 aromatic carbocycles. The molecule has 13 aromatic rings. The number of hydrogen-bond donors (Lipinski definition) is 0. The lowest BCUT2D eigenvalue weighted by Gasteiger charge is -2.25. The number of fused-ring (bicyclic) bond motifs is 10. The number of pyridine rings is 1. The molecule has 0 fully saturated rings. The molecule has 0 atom stereocenters. The standard InChI is InChI=1S/C63H46N6O/c1-40-32-60(64-38-53(40)42-20-8-5-9-21-42)69-56-27-15-12-22-47(56)50-31-30-45(36-59(50)69)70-46-34-43(41-18-6-4-7-19-41)33-44(35-46)67-39-68(58-29-17-16-28-57(58)67)63-61-51(48-23-10-13-25-54(48)65(61)2)37-52-49-24-11-14-26-55(49)66(3)62(52)63/h4-38H,39H2,1-3H3/i2D3,3D3. The van der Waals surface area contributed by atoms with E-state index in [2.05, 4.69) is 106 Å². The summed E-state index contributed by atoms with van der Waals surface area (Å²) in [5, 5.41) is 5.12. The van der Waals surface area contributed by atoms with Crippen molar-refractivity contribution in [2.75, 3.05) is 16.5 Å². The number of rotatable bonds is 7. The third kappa shape index (κ3) is 6.04. The van der Waals surface area contributed by atoms with E-state index in [4.69, 9.17) is 17.9 Å². The molecule has 0 unspecified atom stereocenters. The fourth-order valence-corrected chi connectivity index (χ4v) is 11.0. The number of para-hydroxylation sites is 5. The summed E-state index contributed by atoms with van der Waals surface area (Å²) in [6.45, 7) is -2.93. The first kappa shape index (κ1) is 34.3. The van der Waals surface area contributed by atoms with Crippen LogP contribution >= 0.6 is 0 Å². The zero-order valence-corrected chi connectivity index (χ0v) is 38.0. The maximum absolute atomic E-state index is 9.06. The van der Waals surface area contributed by atoms with E-state index in [0.29, 0.717) is 50.0 Å². The topological polar surface area (TPSA) is 43.4 Å².